The van der Waals surface area contributed by atoms with Gasteiger partial charge in [-0.3, -0.25) is 0 Å². The molecule has 2 aromatic rings. The molecule has 1 heterocycles. The van der Waals surface area contributed by atoms with Crippen LogP contribution in [-0.4, -0.2) is 15.6 Å². The summed E-state index contributed by atoms with van der Waals surface area (Å²) >= 11 is 0. The van der Waals surface area contributed by atoms with Gasteiger partial charge in [0.05, 0.1) is 11.0 Å². The maximum atomic E-state index is 6.32. The molecule has 1 aromatic carbocycles. The summed E-state index contributed by atoms with van der Waals surface area (Å²) in [6, 6.07) is 8.46. The number of benzene rings is 1. The summed E-state index contributed by atoms with van der Waals surface area (Å²) in [5.41, 5.74) is 8.72. The van der Waals surface area contributed by atoms with Gasteiger partial charge in [0.2, 0.25) is 0 Å². The lowest BCUT2D eigenvalue weighted by molar-refractivity contribution is 0.312. The second-order valence-corrected chi connectivity index (χ2v) is 6.35. The fourth-order valence-corrected chi connectivity index (χ4v) is 2.26. The van der Waals surface area contributed by atoms with Crippen molar-refractivity contribution in [3.8, 4) is 0 Å². The van der Waals surface area contributed by atoms with Crippen LogP contribution in [0.2, 0.25) is 0 Å². The van der Waals surface area contributed by atoms with E-state index in [2.05, 4.69) is 50.5 Å². The number of nitrogens with two attached hydrogens (primary N) is 1. The summed E-state index contributed by atoms with van der Waals surface area (Å²) in [6.07, 6.45) is 1.94. The van der Waals surface area contributed by atoms with Crippen molar-refractivity contribution < 1.29 is 0 Å². The molecule has 0 saturated carbocycles. The van der Waals surface area contributed by atoms with Gasteiger partial charge in [0.15, 0.2) is 0 Å². The van der Waals surface area contributed by atoms with Crippen molar-refractivity contribution in [3.05, 3.63) is 30.1 Å². The zero-order chi connectivity index (χ0) is 14.0. The van der Waals surface area contributed by atoms with Crippen LogP contribution in [-0.2, 0) is 13.0 Å². The Balaban J connectivity index is 2.39. The minimum absolute atomic E-state index is 0.106. The topological polar surface area (TPSA) is 43.8 Å². The van der Waals surface area contributed by atoms with Crippen LogP contribution in [0, 0.1) is 5.41 Å². The molecular formula is C16H25N3. The van der Waals surface area contributed by atoms with Gasteiger partial charge in [0, 0.05) is 19.0 Å². The summed E-state index contributed by atoms with van der Waals surface area (Å²) in [6.45, 7) is 9.76. The monoisotopic (exact) mass is 259 g/mol. The van der Waals surface area contributed by atoms with E-state index in [1.54, 1.807) is 0 Å². The molecule has 0 aliphatic carbocycles. The van der Waals surface area contributed by atoms with Crippen molar-refractivity contribution in [2.24, 2.45) is 11.1 Å². The molecular weight excluding hydrogens is 234 g/mol. The maximum Gasteiger partial charge on any atom is 0.111 e. The summed E-state index contributed by atoms with van der Waals surface area (Å²) in [4.78, 5) is 4.77. The van der Waals surface area contributed by atoms with Crippen LogP contribution in [0.5, 0.6) is 0 Å². The molecule has 1 aromatic heterocycles. The molecule has 0 saturated heterocycles. The first-order valence-electron chi connectivity index (χ1n) is 7.13. The predicted molar refractivity (Wildman–Crippen MR) is 81.2 cm³/mol. The van der Waals surface area contributed by atoms with Crippen LogP contribution in [0.3, 0.4) is 0 Å². The minimum Gasteiger partial charge on any atom is -0.328 e. The van der Waals surface area contributed by atoms with Crippen molar-refractivity contribution in [1.29, 1.82) is 0 Å². The number of imidazole rings is 1. The van der Waals surface area contributed by atoms with Crippen molar-refractivity contribution in [2.45, 2.75) is 53.1 Å². The third kappa shape index (κ3) is 2.98. The van der Waals surface area contributed by atoms with Crippen molar-refractivity contribution in [2.75, 3.05) is 0 Å². The Morgan fingerprint density at radius 2 is 1.95 bits per heavy atom. The molecule has 104 valence electrons. The molecule has 0 spiro atoms. The number of hydrogen-bond acceptors (Lipinski definition) is 2. The van der Waals surface area contributed by atoms with E-state index in [1.807, 2.05) is 6.07 Å². The van der Waals surface area contributed by atoms with E-state index in [4.69, 9.17) is 10.7 Å². The van der Waals surface area contributed by atoms with E-state index in [1.165, 1.54) is 5.52 Å². The van der Waals surface area contributed by atoms with E-state index >= 15 is 0 Å². The Labute approximate surface area is 115 Å². The highest BCUT2D eigenvalue weighted by atomic mass is 15.1. The molecule has 2 N–H and O–H groups in total. The summed E-state index contributed by atoms with van der Waals surface area (Å²) < 4.78 is 2.32. The third-order valence-electron chi connectivity index (χ3n) is 3.70. The number of aromatic nitrogens is 2. The van der Waals surface area contributed by atoms with Gasteiger partial charge in [0.1, 0.15) is 5.82 Å². The lowest BCUT2D eigenvalue weighted by atomic mass is 9.85. The van der Waals surface area contributed by atoms with E-state index < -0.39 is 0 Å². The van der Waals surface area contributed by atoms with E-state index in [0.29, 0.717) is 0 Å². The largest absolute Gasteiger partial charge is 0.328 e. The van der Waals surface area contributed by atoms with E-state index in [0.717, 1.165) is 30.7 Å². The van der Waals surface area contributed by atoms with Crippen molar-refractivity contribution in [3.63, 3.8) is 0 Å². The zero-order valence-electron chi connectivity index (χ0n) is 12.5. The normalized spacial score (nSPS) is 13.9. The SMILES string of the molecule is CCCn1c(CC(N)C(C)(C)C)nc2ccccc21. The number of nitrogens with zero attached hydrogens (tertiary/aromatic N) is 2. The first kappa shape index (κ1) is 14.1. The fourth-order valence-electron chi connectivity index (χ4n) is 2.26. The van der Waals surface area contributed by atoms with Crippen LogP contribution in [0.4, 0.5) is 0 Å². The summed E-state index contributed by atoms with van der Waals surface area (Å²) in [5, 5.41) is 0. The molecule has 3 nitrogen and oxygen atoms in total. The van der Waals surface area contributed by atoms with Crippen LogP contribution in [0.1, 0.15) is 39.9 Å². The average molecular weight is 259 g/mol. The average Bonchev–Trinajstić information content (AvgIpc) is 2.67. The molecule has 0 aliphatic rings. The number of aryl methyl sites for hydroxylation is 1. The quantitative estimate of drug-likeness (QED) is 0.915. The number of hydrogen-bond donors (Lipinski definition) is 1. The van der Waals surface area contributed by atoms with Gasteiger partial charge in [-0.2, -0.15) is 0 Å². The first-order valence-corrected chi connectivity index (χ1v) is 7.13. The number of fused-ring (bicyclic) bond motifs is 1. The Morgan fingerprint density at radius 1 is 1.26 bits per heavy atom. The van der Waals surface area contributed by atoms with Gasteiger partial charge in [-0.1, -0.05) is 39.8 Å². The van der Waals surface area contributed by atoms with Gasteiger partial charge in [-0.25, -0.2) is 4.98 Å². The number of para-hydroxylation sites is 2. The lowest BCUT2D eigenvalue weighted by Crippen LogP contribution is -2.37. The Kier molecular flexibility index (Phi) is 3.95. The summed E-state index contributed by atoms with van der Waals surface area (Å²) in [5.74, 6) is 1.12. The molecule has 2 rings (SSSR count). The fraction of sp³-hybridized carbons (Fsp3) is 0.562. The molecule has 1 atom stereocenters. The van der Waals surface area contributed by atoms with Gasteiger partial charge < -0.3 is 10.3 Å². The van der Waals surface area contributed by atoms with Crippen LogP contribution >= 0.6 is 0 Å². The molecule has 1 unspecified atom stereocenters. The minimum atomic E-state index is 0.106. The molecule has 19 heavy (non-hydrogen) atoms. The Hall–Kier alpha value is -1.35. The zero-order valence-corrected chi connectivity index (χ0v) is 12.5. The van der Waals surface area contributed by atoms with Crippen molar-refractivity contribution in [1.82, 2.24) is 9.55 Å². The molecule has 0 bridgehead atoms. The van der Waals surface area contributed by atoms with E-state index in [-0.39, 0.29) is 11.5 Å². The van der Waals surface area contributed by atoms with Crippen LogP contribution in [0.25, 0.3) is 11.0 Å². The highest BCUT2D eigenvalue weighted by Crippen LogP contribution is 2.23. The predicted octanol–water partition coefficient (Wildman–Crippen LogP) is 3.36. The lowest BCUT2D eigenvalue weighted by Gasteiger charge is -2.27. The maximum absolute atomic E-state index is 6.32. The highest BCUT2D eigenvalue weighted by molar-refractivity contribution is 5.75. The van der Waals surface area contributed by atoms with Gasteiger partial charge >= 0.3 is 0 Å². The second kappa shape index (κ2) is 5.33. The number of rotatable bonds is 4. The molecule has 0 fully saturated rings. The van der Waals surface area contributed by atoms with Crippen LogP contribution in [0.15, 0.2) is 24.3 Å². The second-order valence-electron chi connectivity index (χ2n) is 6.35. The highest BCUT2D eigenvalue weighted by Gasteiger charge is 2.23. The van der Waals surface area contributed by atoms with Crippen molar-refractivity contribution >= 4 is 11.0 Å². The van der Waals surface area contributed by atoms with Gasteiger partial charge in [-0.05, 0) is 24.0 Å². The third-order valence-corrected chi connectivity index (χ3v) is 3.70. The first-order chi connectivity index (χ1) is 8.93. The van der Waals surface area contributed by atoms with E-state index in [9.17, 15) is 0 Å². The smallest absolute Gasteiger partial charge is 0.111 e. The van der Waals surface area contributed by atoms with Gasteiger partial charge in [0.25, 0.3) is 0 Å². The van der Waals surface area contributed by atoms with Gasteiger partial charge in [-0.15, -0.1) is 0 Å². The standard InChI is InChI=1S/C16H25N3/c1-5-10-19-13-9-7-6-8-12(13)18-15(19)11-14(17)16(2,3)4/h6-9,14H,5,10-11,17H2,1-4H3. The Morgan fingerprint density at radius 3 is 2.58 bits per heavy atom. The molecule has 0 aliphatic heterocycles. The Bertz CT molecular complexity index is 549. The van der Waals surface area contributed by atoms with Crippen LogP contribution < -0.4 is 5.73 Å². The molecule has 0 amide bonds. The molecule has 0 radical (unpaired) electrons. The summed E-state index contributed by atoms with van der Waals surface area (Å²) in [7, 11) is 0. The molecule has 3 heteroatoms.